The van der Waals surface area contributed by atoms with Gasteiger partial charge in [-0.05, 0) is 95.4 Å². The van der Waals surface area contributed by atoms with Crippen LogP contribution in [0, 0.1) is 6.92 Å². The van der Waals surface area contributed by atoms with Gasteiger partial charge in [0.1, 0.15) is 12.4 Å². The van der Waals surface area contributed by atoms with Crippen LogP contribution in [0.5, 0.6) is 5.75 Å². The highest BCUT2D eigenvalue weighted by Crippen LogP contribution is 2.38. The summed E-state index contributed by atoms with van der Waals surface area (Å²) in [6, 6.07) is 22.0. The van der Waals surface area contributed by atoms with Gasteiger partial charge >= 0.3 is 0 Å². The molecule has 1 aliphatic rings. The summed E-state index contributed by atoms with van der Waals surface area (Å²) in [6.07, 6.45) is 3.68. The number of hydrogen-bond acceptors (Lipinski definition) is 2. The van der Waals surface area contributed by atoms with E-state index in [0.29, 0.717) is 13.2 Å². The van der Waals surface area contributed by atoms with E-state index in [1.165, 1.54) is 52.6 Å². The number of benzene rings is 3. The summed E-state index contributed by atoms with van der Waals surface area (Å²) in [5.74, 6) is 0.896. The van der Waals surface area contributed by atoms with Crippen molar-refractivity contribution in [2.75, 3.05) is 13.2 Å². The molecule has 0 saturated carbocycles. The van der Waals surface area contributed by atoms with Crippen LogP contribution in [-0.4, -0.2) is 21.5 Å². The van der Waals surface area contributed by atoms with Gasteiger partial charge in [-0.25, -0.2) is 0 Å². The third kappa shape index (κ3) is 5.10. The third-order valence-electron chi connectivity index (χ3n) is 7.56. The highest BCUT2D eigenvalue weighted by Gasteiger charge is 2.36. The Morgan fingerprint density at radius 2 is 1.45 bits per heavy atom. The molecule has 0 heterocycles. The standard InChI is InChI=1S/C30H38O2Si/c1-22-26(12-9-13-27(22)29-15-8-11-23-10-7-14-28(23)29)24-16-18-25(19-17-24)31-20-21-32-33(5,6)30(2,3)4/h8-9,11-13,15-19H,7,10,14,20-21H2,1-6H3. The molecule has 33 heavy (non-hydrogen) atoms. The molecule has 1 aliphatic carbocycles. The molecule has 0 atom stereocenters. The lowest BCUT2D eigenvalue weighted by atomic mass is 9.89. The highest BCUT2D eigenvalue weighted by atomic mass is 28.4. The fourth-order valence-electron chi connectivity index (χ4n) is 4.52. The highest BCUT2D eigenvalue weighted by molar-refractivity contribution is 6.74. The van der Waals surface area contributed by atoms with Crippen molar-refractivity contribution in [2.24, 2.45) is 0 Å². The average molecular weight is 459 g/mol. The lowest BCUT2D eigenvalue weighted by molar-refractivity contribution is 0.203. The predicted octanol–water partition coefficient (Wildman–Crippen LogP) is 8.22. The molecule has 174 valence electrons. The van der Waals surface area contributed by atoms with Crippen molar-refractivity contribution in [3.05, 3.63) is 77.4 Å². The van der Waals surface area contributed by atoms with Gasteiger partial charge in [-0.3, -0.25) is 0 Å². The van der Waals surface area contributed by atoms with Gasteiger partial charge in [0.25, 0.3) is 0 Å². The topological polar surface area (TPSA) is 18.5 Å². The molecule has 4 rings (SSSR count). The Hall–Kier alpha value is -2.36. The van der Waals surface area contributed by atoms with E-state index in [1.54, 1.807) is 5.56 Å². The first-order chi connectivity index (χ1) is 15.7. The Morgan fingerprint density at radius 1 is 0.788 bits per heavy atom. The van der Waals surface area contributed by atoms with Gasteiger partial charge in [-0.1, -0.05) is 69.3 Å². The Labute approximate surface area is 201 Å². The van der Waals surface area contributed by atoms with Gasteiger partial charge in [-0.15, -0.1) is 0 Å². The molecule has 2 nitrogen and oxygen atoms in total. The minimum Gasteiger partial charge on any atom is -0.491 e. The lowest BCUT2D eigenvalue weighted by Crippen LogP contribution is -2.41. The summed E-state index contributed by atoms with van der Waals surface area (Å²) in [4.78, 5) is 0. The first-order valence-corrected chi connectivity index (χ1v) is 15.2. The van der Waals surface area contributed by atoms with Crippen LogP contribution in [0.1, 0.15) is 43.9 Å². The molecule has 0 unspecified atom stereocenters. The number of aryl methyl sites for hydroxylation is 1. The predicted molar refractivity (Wildman–Crippen MR) is 143 cm³/mol. The monoisotopic (exact) mass is 458 g/mol. The zero-order valence-corrected chi connectivity index (χ0v) is 22.1. The van der Waals surface area contributed by atoms with Crippen molar-refractivity contribution >= 4 is 8.32 Å². The van der Waals surface area contributed by atoms with Crippen molar-refractivity contribution in [3.8, 4) is 28.0 Å². The molecule has 0 fully saturated rings. The van der Waals surface area contributed by atoms with E-state index in [2.05, 4.69) is 101 Å². The molecular formula is C30H38O2Si. The Balaban J connectivity index is 1.46. The summed E-state index contributed by atoms with van der Waals surface area (Å²) in [7, 11) is -1.72. The SMILES string of the molecule is Cc1c(-c2ccc(OCCO[Si](C)(C)C(C)(C)C)cc2)cccc1-c1cccc2c1CCC2. The summed E-state index contributed by atoms with van der Waals surface area (Å²) < 4.78 is 12.2. The van der Waals surface area contributed by atoms with Gasteiger partial charge in [-0.2, -0.15) is 0 Å². The van der Waals surface area contributed by atoms with Crippen molar-refractivity contribution in [3.63, 3.8) is 0 Å². The zero-order chi connectivity index (χ0) is 23.6. The fraction of sp³-hybridized carbons (Fsp3) is 0.400. The maximum atomic E-state index is 6.23. The minimum atomic E-state index is -1.72. The number of rotatable bonds is 7. The number of ether oxygens (including phenoxy) is 1. The Kier molecular flexibility index (Phi) is 6.83. The molecule has 0 N–H and O–H groups in total. The van der Waals surface area contributed by atoms with Crippen LogP contribution in [0.3, 0.4) is 0 Å². The van der Waals surface area contributed by atoms with Crippen LogP contribution in [0.25, 0.3) is 22.3 Å². The molecule has 3 aromatic carbocycles. The van der Waals surface area contributed by atoms with Crippen molar-refractivity contribution in [1.29, 1.82) is 0 Å². The largest absolute Gasteiger partial charge is 0.491 e. The molecule has 0 aliphatic heterocycles. The van der Waals surface area contributed by atoms with Gasteiger partial charge in [0, 0.05) is 0 Å². The number of hydrogen-bond donors (Lipinski definition) is 0. The van der Waals surface area contributed by atoms with E-state index >= 15 is 0 Å². The van der Waals surface area contributed by atoms with E-state index < -0.39 is 8.32 Å². The average Bonchev–Trinajstić information content (AvgIpc) is 3.26. The normalized spacial score (nSPS) is 13.8. The lowest BCUT2D eigenvalue weighted by Gasteiger charge is -2.36. The smallest absolute Gasteiger partial charge is 0.192 e. The van der Waals surface area contributed by atoms with Crippen molar-refractivity contribution in [1.82, 2.24) is 0 Å². The van der Waals surface area contributed by atoms with Gasteiger partial charge in [0.05, 0.1) is 6.61 Å². The van der Waals surface area contributed by atoms with E-state index in [9.17, 15) is 0 Å². The maximum absolute atomic E-state index is 6.23. The zero-order valence-electron chi connectivity index (χ0n) is 21.1. The summed E-state index contributed by atoms with van der Waals surface area (Å²) >= 11 is 0. The van der Waals surface area contributed by atoms with Crippen LogP contribution in [0.2, 0.25) is 18.1 Å². The van der Waals surface area contributed by atoms with E-state index in [1.807, 2.05) is 0 Å². The quantitative estimate of drug-likeness (QED) is 0.262. The van der Waals surface area contributed by atoms with Crippen LogP contribution < -0.4 is 4.74 Å². The minimum absolute atomic E-state index is 0.223. The Bertz CT molecular complexity index is 1110. The van der Waals surface area contributed by atoms with Crippen LogP contribution >= 0.6 is 0 Å². The molecular weight excluding hydrogens is 420 g/mol. The maximum Gasteiger partial charge on any atom is 0.192 e. The molecule has 3 aromatic rings. The molecule has 0 bridgehead atoms. The van der Waals surface area contributed by atoms with Gasteiger partial charge < -0.3 is 9.16 Å². The molecule has 0 spiro atoms. The summed E-state index contributed by atoms with van der Waals surface area (Å²) in [6.45, 7) is 14.8. The van der Waals surface area contributed by atoms with Crippen LogP contribution in [-0.2, 0) is 17.3 Å². The van der Waals surface area contributed by atoms with Crippen molar-refractivity contribution in [2.45, 2.75) is 65.1 Å². The van der Waals surface area contributed by atoms with Gasteiger partial charge in [0.15, 0.2) is 8.32 Å². The molecule has 0 radical (unpaired) electrons. The second kappa shape index (κ2) is 9.48. The summed E-state index contributed by atoms with van der Waals surface area (Å²) in [5.41, 5.74) is 9.69. The second-order valence-electron chi connectivity index (χ2n) is 10.8. The van der Waals surface area contributed by atoms with E-state index in [0.717, 1.165) is 5.75 Å². The molecule has 3 heteroatoms. The van der Waals surface area contributed by atoms with E-state index in [4.69, 9.17) is 9.16 Å². The molecule has 0 amide bonds. The fourth-order valence-corrected chi connectivity index (χ4v) is 5.54. The molecule has 0 saturated heterocycles. The Morgan fingerprint density at radius 3 is 2.18 bits per heavy atom. The summed E-state index contributed by atoms with van der Waals surface area (Å²) in [5, 5.41) is 0.223. The van der Waals surface area contributed by atoms with Crippen LogP contribution in [0.4, 0.5) is 0 Å². The first kappa shape index (κ1) is 23.8. The molecule has 0 aromatic heterocycles. The second-order valence-corrected chi connectivity index (χ2v) is 15.6. The van der Waals surface area contributed by atoms with E-state index in [-0.39, 0.29) is 5.04 Å². The van der Waals surface area contributed by atoms with Gasteiger partial charge in [0.2, 0.25) is 0 Å². The van der Waals surface area contributed by atoms with Crippen LogP contribution in [0.15, 0.2) is 60.7 Å². The third-order valence-corrected chi connectivity index (χ3v) is 12.1. The number of fused-ring (bicyclic) bond motifs is 1. The first-order valence-electron chi connectivity index (χ1n) is 12.3. The van der Waals surface area contributed by atoms with Crippen molar-refractivity contribution < 1.29 is 9.16 Å².